The molecule has 1 aromatic carbocycles. The van der Waals surface area contributed by atoms with E-state index in [-0.39, 0.29) is 12.5 Å². The molecule has 0 aliphatic heterocycles. The van der Waals surface area contributed by atoms with Crippen molar-refractivity contribution in [3.05, 3.63) is 28.8 Å². The summed E-state index contributed by atoms with van der Waals surface area (Å²) in [5.74, 6) is -0.376. The Labute approximate surface area is 123 Å². The zero-order valence-electron chi connectivity index (χ0n) is 11.7. The standard InChI is InChI=1S/C14H18ClNO4/c1-4-16-14(18)10(3)20-13(17)8-19-12-6-5-11(15)7-9(12)2/h5-7,10H,4,8H2,1-3H3,(H,16,18)/t10-/m1/s1. The normalized spacial score (nSPS) is 11.6. The van der Waals surface area contributed by atoms with E-state index in [1.54, 1.807) is 25.1 Å². The lowest BCUT2D eigenvalue weighted by Crippen LogP contribution is -2.36. The molecule has 0 bridgehead atoms. The number of amides is 1. The molecule has 0 fully saturated rings. The van der Waals surface area contributed by atoms with E-state index in [4.69, 9.17) is 21.1 Å². The number of halogens is 1. The molecule has 0 saturated carbocycles. The average molecular weight is 300 g/mol. The first-order chi connectivity index (χ1) is 9.43. The van der Waals surface area contributed by atoms with Crippen LogP contribution in [0.5, 0.6) is 5.75 Å². The van der Waals surface area contributed by atoms with Gasteiger partial charge in [-0.2, -0.15) is 0 Å². The van der Waals surface area contributed by atoms with Crippen LogP contribution in [0.3, 0.4) is 0 Å². The van der Waals surface area contributed by atoms with Crippen molar-refractivity contribution in [3.8, 4) is 5.75 Å². The summed E-state index contributed by atoms with van der Waals surface area (Å²) in [6.45, 7) is 5.35. The quantitative estimate of drug-likeness (QED) is 0.817. The van der Waals surface area contributed by atoms with Crippen LogP contribution in [0.25, 0.3) is 0 Å². The van der Waals surface area contributed by atoms with Gasteiger partial charge in [-0.15, -0.1) is 0 Å². The molecule has 0 unspecified atom stereocenters. The van der Waals surface area contributed by atoms with Gasteiger partial charge in [-0.1, -0.05) is 11.6 Å². The minimum absolute atomic E-state index is 0.258. The van der Waals surface area contributed by atoms with Crippen LogP contribution in [0.15, 0.2) is 18.2 Å². The smallest absolute Gasteiger partial charge is 0.344 e. The Morgan fingerprint density at radius 3 is 2.70 bits per heavy atom. The Kier molecular flexibility index (Phi) is 6.31. The van der Waals surface area contributed by atoms with Gasteiger partial charge in [0.25, 0.3) is 5.91 Å². The van der Waals surface area contributed by atoms with Gasteiger partial charge >= 0.3 is 5.97 Å². The van der Waals surface area contributed by atoms with Gasteiger partial charge in [0.1, 0.15) is 5.75 Å². The van der Waals surface area contributed by atoms with Gasteiger partial charge < -0.3 is 14.8 Å². The second kappa shape index (κ2) is 7.75. The third kappa shape index (κ3) is 5.09. The molecular weight excluding hydrogens is 282 g/mol. The summed E-state index contributed by atoms with van der Waals surface area (Å²) in [5, 5.41) is 3.17. The van der Waals surface area contributed by atoms with E-state index < -0.39 is 12.1 Å². The number of ether oxygens (including phenoxy) is 2. The molecule has 0 aliphatic rings. The molecule has 0 heterocycles. The van der Waals surface area contributed by atoms with Crippen molar-refractivity contribution >= 4 is 23.5 Å². The zero-order chi connectivity index (χ0) is 15.1. The topological polar surface area (TPSA) is 64.6 Å². The van der Waals surface area contributed by atoms with Crippen molar-refractivity contribution in [2.45, 2.75) is 26.9 Å². The molecule has 0 radical (unpaired) electrons. The molecule has 0 saturated heterocycles. The lowest BCUT2D eigenvalue weighted by molar-refractivity contribution is -0.156. The molecule has 6 heteroatoms. The number of hydrogen-bond acceptors (Lipinski definition) is 4. The first-order valence-electron chi connectivity index (χ1n) is 6.30. The van der Waals surface area contributed by atoms with Gasteiger partial charge in [0, 0.05) is 11.6 Å². The van der Waals surface area contributed by atoms with E-state index in [0.717, 1.165) is 5.56 Å². The van der Waals surface area contributed by atoms with Crippen LogP contribution in [-0.4, -0.2) is 31.1 Å². The third-order valence-electron chi connectivity index (χ3n) is 2.51. The average Bonchev–Trinajstić information content (AvgIpc) is 2.37. The predicted molar refractivity (Wildman–Crippen MR) is 75.9 cm³/mol. The molecule has 1 amide bonds. The lowest BCUT2D eigenvalue weighted by atomic mass is 10.2. The SMILES string of the molecule is CCNC(=O)[C@@H](C)OC(=O)COc1ccc(Cl)cc1C. The second-order valence-electron chi connectivity index (χ2n) is 4.23. The van der Waals surface area contributed by atoms with Crippen molar-refractivity contribution in [1.82, 2.24) is 5.32 Å². The Morgan fingerprint density at radius 1 is 1.40 bits per heavy atom. The molecule has 1 rings (SSSR count). The minimum Gasteiger partial charge on any atom is -0.482 e. The molecular formula is C14H18ClNO4. The highest BCUT2D eigenvalue weighted by atomic mass is 35.5. The Hall–Kier alpha value is -1.75. The first-order valence-corrected chi connectivity index (χ1v) is 6.68. The molecule has 5 nitrogen and oxygen atoms in total. The van der Waals surface area contributed by atoms with Gasteiger partial charge in [-0.3, -0.25) is 4.79 Å². The predicted octanol–water partition coefficient (Wildman–Crippen LogP) is 2.10. The number of hydrogen-bond donors (Lipinski definition) is 1. The maximum Gasteiger partial charge on any atom is 0.344 e. The van der Waals surface area contributed by atoms with Gasteiger partial charge in [0.05, 0.1) is 0 Å². The van der Waals surface area contributed by atoms with Crippen LogP contribution in [0, 0.1) is 6.92 Å². The first kappa shape index (κ1) is 16.3. The minimum atomic E-state index is -0.836. The maximum absolute atomic E-state index is 11.6. The highest BCUT2D eigenvalue weighted by molar-refractivity contribution is 6.30. The largest absolute Gasteiger partial charge is 0.482 e. The molecule has 1 aromatic rings. The van der Waals surface area contributed by atoms with Crippen molar-refractivity contribution in [3.63, 3.8) is 0 Å². The van der Waals surface area contributed by atoms with E-state index in [1.165, 1.54) is 6.92 Å². The fourth-order valence-corrected chi connectivity index (χ4v) is 1.74. The van der Waals surface area contributed by atoms with Crippen molar-refractivity contribution < 1.29 is 19.1 Å². The second-order valence-corrected chi connectivity index (χ2v) is 4.66. The number of nitrogens with one attached hydrogen (secondary N) is 1. The van der Waals surface area contributed by atoms with Crippen molar-refractivity contribution in [2.75, 3.05) is 13.2 Å². The summed E-state index contributed by atoms with van der Waals surface area (Å²) in [5.41, 5.74) is 0.821. The summed E-state index contributed by atoms with van der Waals surface area (Å²) in [6, 6.07) is 5.09. The Morgan fingerprint density at radius 2 is 2.10 bits per heavy atom. The fourth-order valence-electron chi connectivity index (χ4n) is 1.51. The molecule has 0 spiro atoms. The van der Waals surface area contributed by atoms with E-state index >= 15 is 0 Å². The van der Waals surface area contributed by atoms with E-state index in [0.29, 0.717) is 17.3 Å². The Balaban J connectivity index is 2.45. The summed E-state index contributed by atoms with van der Waals surface area (Å²) in [6.07, 6.45) is -0.836. The number of carbonyl (C=O) groups is 2. The van der Waals surface area contributed by atoms with Gasteiger partial charge in [0.15, 0.2) is 12.7 Å². The molecule has 110 valence electrons. The number of rotatable bonds is 6. The fraction of sp³-hybridized carbons (Fsp3) is 0.429. The van der Waals surface area contributed by atoms with E-state index in [9.17, 15) is 9.59 Å². The number of benzene rings is 1. The maximum atomic E-state index is 11.6. The summed E-state index contributed by atoms with van der Waals surface area (Å²) in [7, 11) is 0. The molecule has 0 aliphatic carbocycles. The lowest BCUT2D eigenvalue weighted by Gasteiger charge is -2.13. The highest BCUT2D eigenvalue weighted by Crippen LogP contribution is 2.21. The van der Waals surface area contributed by atoms with Crippen molar-refractivity contribution in [2.24, 2.45) is 0 Å². The summed E-state index contributed by atoms with van der Waals surface area (Å²) >= 11 is 5.82. The number of esters is 1. The van der Waals surface area contributed by atoms with Crippen LogP contribution in [0.4, 0.5) is 0 Å². The molecule has 1 N–H and O–H groups in total. The van der Waals surface area contributed by atoms with Crippen LogP contribution >= 0.6 is 11.6 Å². The van der Waals surface area contributed by atoms with Gasteiger partial charge in [-0.25, -0.2) is 4.79 Å². The van der Waals surface area contributed by atoms with Gasteiger partial charge in [0.2, 0.25) is 0 Å². The zero-order valence-corrected chi connectivity index (χ0v) is 12.5. The molecule has 0 aromatic heterocycles. The van der Waals surface area contributed by atoms with Crippen LogP contribution in [-0.2, 0) is 14.3 Å². The highest BCUT2D eigenvalue weighted by Gasteiger charge is 2.17. The summed E-state index contributed by atoms with van der Waals surface area (Å²) in [4.78, 5) is 23.0. The number of aryl methyl sites for hydroxylation is 1. The van der Waals surface area contributed by atoms with E-state index in [1.807, 2.05) is 6.92 Å². The molecule has 1 atom stereocenters. The summed E-state index contributed by atoms with van der Waals surface area (Å²) < 4.78 is 10.3. The number of carbonyl (C=O) groups excluding carboxylic acids is 2. The van der Waals surface area contributed by atoms with Crippen molar-refractivity contribution in [1.29, 1.82) is 0 Å². The molecule has 20 heavy (non-hydrogen) atoms. The third-order valence-corrected chi connectivity index (χ3v) is 2.75. The van der Waals surface area contributed by atoms with Crippen LogP contribution in [0.1, 0.15) is 19.4 Å². The monoisotopic (exact) mass is 299 g/mol. The Bertz CT molecular complexity index is 490. The van der Waals surface area contributed by atoms with E-state index in [2.05, 4.69) is 5.32 Å². The van der Waals surface area contributed by atoms with Crippen LogP contribution in [0.2, 0.25) is 5.02 Å². The number of likely N-dealkylation sites (N-methyl/N-ethyl adjacent to an activating group) is 1. The van der Waals surface area contributed by atoms with Gasteiger partial charge in [-0.05, 0) is 44.5 Å². The van der Waals surface area contributed by atoms with Crippen LogP contribution < -0.4 is 10.1 Å².